The molecule has 0 amide bonds. The van der Waals surface area contributed by atoms with Gasteiger partial charge in [0.15, 0.2) is 5.82 Å². The summed E-state index contributed by atoms with van der Waals surface area (Å²) in [5, 5.41) is 12.9. The fourth-order valence-electron chi connectivity index (χ4n) is 3.30. The van der Waals surface area contributed by atoms with E-state index in [1.54, 1.807) is 11.8 Å². The van der Waals surface area contributed by atoms with Crippen molar-refractivity contribution in [2.75, 3.05) is 23.3 Å². The molecule has 3 aromatic heterocycles. The summed E-state index contributed by atoms with van der Waals surface area (Å²) < 4.78 is 78.4. The minimum absolute atomic E-state index is 0.0228. The predicted octanol–water partition coefficient (Wildman–Crippen LogP) is 4.07. The Bertz CT molecular complexity index is 1200. The molecule has 1 atom stereocenters. The van der Waals surface area contributed by atoms with Gasteiger partial charge in [-0.05, 0) is 37.6 Å². The van der Waals surface area contributed by atoms with Crippen molar-refractivity contribution in [1.29, 1.82) is 0 Å². The maximum absolute atomic E-state index is 13.1. The fourth-order valence-corrected chi connectivity index (χ4v) is 3.30. The van der Waals surface area contributed by atoms with Crippen molar-refractivity contribution in [2.24, 2.45) is 0 Å². The molecule has 4 rings (SSSR count). The molecule has 0 bridgehead atoms. The van der Waals surface area contributed by atoms with E-state index in [-0.39, 0.29) is 35.6 Å². The summed E-state index contributed by atoms with van der Waals surface area (Å²) in [5.41, 5.74) is -3.60. The van der Waals surface area contributed by atoms with Crippen LogP contribution < -0.4 is 10.2 Å². The Morgan fingerprint density at radius 2 is 1.71 bits per heavy atom. The molecular weight excluding hydrogens is 468 g/mol. The third kappa shape index (κ3) is 5.32. The molecule has 0 radical (unpaired) electrons. The molecule has 3 aromatic rings. The molecule has 1 aliphatic heterocycles. The number of rotatable bonds is 4. The number of hydrogen-bond donors (Lipinski definition) is 2. The summed E-state index contributed by atoms with van der Waals surface area (Å²) in [6.45, 7) is 2.09. The third-order valence-electron chi connectivity index (χ3n) is 4.93. The molecule has 34 heavy (non-hydrogen) atoms. The van der Waals surface area contributed by atoms with Crippen molar-refractivity contribution in [3.63, 3.8) is 0 Å². The summed E-state index contributed by atoms with van der Waals surface area (Å²) in [7, 11) is 0. The lowest BCUT2D eigenvalue weighted by Crippen LogP contribution is -2.30. The minimum atomic E-state index is -4.70. The Hall–Kier alpha value is -3.55. The standard InChI is InChI=1S/C20H17F6N7O/c1-18(34)6-8-33(10-18)17-31-15(12-3-2-4-13(29-12)19(21,22)23)30-16(32-17)28-11-5-7-27-14(9-11)20(24,25)26/h2-5,7,9,34H,6,8,10H2,1H3,(H,27,28,30,31,32). The highest BCUT2D eigenvalue weighted by atomic mass is 19.4. The average molecular weight is 485 g/mol. The lowest BCUT2D eigenvalue weighted by molar-refractivity contribution is -0.141. The highest BCUT2D eigenvalue weighted by Crippen LogP contribution is 2.32. The zero-order valence-corrected chi connectivity index (χ0v) is 17.5. The van der Waals surface area contributed by atoms with Crippen LogP contribution in [-0.2, 0) is 12.4 Å². The van der Waals surface area contributed by atoms with Crippen LogP contribution in [0.15, 0.2) is 36.5 Å². The molecule has 1 fully saturated rings. The van der Waals surface area contributed by atoms with E-state index < -0.39 is 29.3 Å². The molecule has 0 spiro atoms. The maximum atomic E-state index is 13.1. The first-order valence-electron chi connectivity index (χ1n) is 9.88. The number of hydrogen-bond acceptors (Lipinski definition) is 8. The number of aromatic nitrogens is 5. The number of nitrogens with one attached hydrogen (secondary N) is 1. The van der Waals surface area contributed by atoms with Crippen molar-refractivity contribution in [2.45, 2.75) is 31.3 Å². The molecule has 0 aromatic carbocycles. The van der Waals surface area contributed by atoms with Crippen LogP contribution in [0.3, 0.4) is 0 Å². The van der Waals surface area contributed by atoms with Crippen molar-refractivity contribution in [3.8, 4) is 11.5 Å². The van der Waals surface area contributed by atoms with Crippen molar-refractivity contribution in [3.05, 3.63) is 47.9 Å². The van der Waals surface area contributed by atoms with E-state index in [1.165, 1.54) is 12.1 Å². The second kappa shape index (κ2) is 8.34. The number of aliphatic hydroxyl groups is 1. The molecule has 8 nitrogen and oxygen atoms in total. The van der Waals surface area contributed by atoms with Gasteiger partial charge >= 0.3 is 12.4 Å². The van der Waals surface area contributed by atoms with Gasteiger partial charge < -0.3 is 15.3 Å². The first-order chi connectivity index (χ1) is 15.8. The molecule has 14 heteroatoms. The molecule has 180 valence electrons. The lowest BCUT2D eigenvalue weighted by atomic mass is 10.1. The summed E-state index contributed by atoms with van der Waals surface area (Å²) in [5.74, 6) is -0.421. The number of halogens is 6. The second-order valence-corrected chi connectivity index (χ2v) is 7.91. The topological polar surface area (TPSA) is 100.0 Å². The zero-order valence-electron chi connectivity index (χ0n) is 17.5. The van der Waals surface area contributed by atoms with Gasteiger partial charge in [0.25, 0.3) is 0 Å². The molecule has 0 aliphatic carbocycles. The number of alkyl halides is 6. The number of nitrogens with zero attached hydrogens (tertiary/aromatic N) is 6. The van der Waals surface area contributed by atoms with Crippen LogP contribution >= 0.6 is 0 Å². The Kier molecular flexibility index (Phi) is 5.79. The third-order valence-corrected chi connectivity index (χ3v) is 4.93. The zero-order chi connectivity index (χ0) is 24.7. The van der Waals surface area contributed by atoms with E-state index >= 15 is 0 Å². The second-order valence-electron chi connectivity index (χ2n) is 7.91. The Morgan fingerprint density at radius 3 is 2.35 bits per heavy atom. The van der Waals surface area contributed by atoms with Crippen LogP contribution in [0.2, 0.25) is 0 Å². The first kappa shape index (κ1) is 23.6. The molecule has 1 unspecified atom stereocenters. The predicted molar refractivity (Wildman–Crippen MR) is 108 cm³/mol. The quantitative estimate of drug-likeness (QED) is 0.534. The van der Waals surface area contributed by atoms with Gasteiger partial charge in [-0.25, -0.2) is 4.98 Å². The number of β-amino-alcohol motifs (C(OH)–C–C–N with tert-alkyl or cyclic N) is 1. The summed E-state index contributed by atoms with van der Waals surface area (Å²) in [4.78, 5) is 20.9. The molecule has 4 heterocycles. The highest BCUT2D eigenvalue weighted by molar-refractivity contribution is 5.59. The highest BCUT2D eigenvalue weighted by Gasteiger charge is 2.35. The average Bonchev–Trinajstić information content (AvgIpc) is 3.12. The van der Waals surface area contributed by atoms with Crippen LogP contribution in [0.25, 0.3) is 11.5 Å². The van der Waals surface area contributed by atoms with E-state index in [1.807, 2.05) is 0 Å². The van der Waals surface area contributed by atoms with E-state index in [4.69, 9.17) is 0 Å². The summed E-state index contributed by atoms with van der Waals surface area (Å²) >= 11 is 0. The van der Waals surface area contributed by atoms with Gasteiger partial charge in [0, 0.05) is 25.0 Å². The van der Waals surface area contributed by atoms with E-state index in [0.29, 0.717) is 13.0 Å². The lowest BCUT2D eigenvalue weighted by Gasteiger charge is -2.20. The van der Waals surface area contributed by atoms with E-state index in [9.17, 15) is 31.4 Å². The summed E-state index contributed by atoms with van der Waals surface area (Å²) in [6, 6.07) is 5.19. The minimum Gasteiger partial charge on any atom is -0.388 e. The molecule has 1 saturated heterocycles. The molecule has 2 N–H and O–H groups in total. The van der Waals surface area contributed by atoms with Gasteiger partial charge in [0.1, 0.15) is 17.1 Å². The number of anilines is 3. The van der Waals surface area contributed by atoms with Gasteiger partial charge in [-0.2, -0.15) is 41.3 Å². The van der Waals surface area contributed by atoms with Crippen molar-refractivity contribution < 1.29 is 31.4 Å². The van der Waals surface area contributed by atoms with E-state index in [0.717, 1.165) is 24.4 Å². The van der Waals surface area contributed by atoms with Crippen LogP contribution in [-0.4, -0.2) is 48.7 Å². The Labute approximate surface area is 188 Å². The van der Waals surface area contributed by atoms with Gasteiger partial charge in [-0.3, -0.25) is 4.98 Å². The monoisotopic (exact) mass is 485 g/mol. The normalized spacial score (nSPS) is 18.9. The van der Waals surface area contributed by atoms with Crippen molar-refractivity contribution in [1.82, 2.24) is 24.9 Å². The maximum Gasteiger partial charge on any atom is 0.433 e. The Balaban J connectivity index is 1.76. The smallest absolute Gasteiger partial charge is 0.388 e. The van der Waals surface area contributed by atoms with Gasteiger partial charge in [-0.1, -0.05) is 6.07 Å². The molecular formula is C20H17F6N7O. The number of pyridine rings is 2. The molecule has 1 aliphatic rings. The van der Waals surface area contributed by atoms with Crippen molar-refractivity contribution >= 4 is 17.6 Å². The fraction of sp³-hybridized carbons (Fsp3) is 0.350. The first-order valence-corrected chi connectivity index (χ1v) is 9.88. The largest absolute Gasteiger partial charge is 0.433 e. The molecule has 0 saturated carbocycles. The summed E-state index contributed by atoms with van der Waals surface area (Å²) in [6.07, 6.45) is -8.06. The van der Waals surface area contributed by atoms with Crippen LogP contribution in [0, 0.1) is 0 Å². The SMILES string of the molecule is CC1(O)CCN(c2nc(Nc3ccnc(C(F)(F)F)c3)nc(-c3cccc(C(F)(F)F)n3)n2)C1. The van der Waals surface area contributed by atoms with Gasteiger partial charge in [0.05, 0.1) is 5.60 Å². The van der Waals surface area contributed by atoms with E-state index in [2.05, 4.69) is 30.2 Å². The Morgan fingerprint density at radius 1 is 0.971 bits per heavy atom. The van der Waals surface area contributed by atoms with Crippen LogP contribution in [0.5, 0.6) is 0 Å². The van der Waals surface area contributed by atoms with Gasteiger partial charge in [-0.15, -0.1) is 0 Å². The van der Waals surface area contributed by atoms with Gasteiger partial charge in [0.2, 0.25) is 11.9 Å². The van der Waals surface area contributed by atoms with Crippen LogP contribution in [0.4, 0.5) is 43.9 Å². The van der Waals surface area contributed by atoms with Crippen LogP contribution in [0.1, 0.15) is 24.7 Å².